The number of nitrogens with one attached hydrogen (secondary N) is 1. The first kappa shape index (κ1) is 16.5. The maximum absolute atomic E-state index is 11.9. The molecule has 1 aromatic rings. The third-order valence-electron chi connectivity index (χ3n) is 2.22. The van der Waals surface area contributed by atoms with Gasteiger partial charge in [-0.3, -0.25) is 4.79 Å². The van der Waals surface area contributed by atoms with Crippen LogP contribution in [0.2, 0.25) is 0 Å². The van der Waals surface area contributed by atoms with Gasteiger partial charge in [-0.1, -0.05) is 13.8 Å². The fourth-order valence-corrected chi connectivity index (χ4v) is 1.72. The van der Waals surface area contributed by atoms with Gasteiger partial charge in [0.2, 0.25) is 0 Å². The number of thioether (sulfide) groups is 1. The molecule has 5 nitrogen and oxygen atoms in total. The van der Waals surface area contributed by atoms with E-state index in [1.54, 1.807) is 0 Å². The number of halogens is 3. The van der Waals surface area contributed by atoms with Crippen LogP contribution < -0.4 is 11.1 Å². The smallest absolute Gasteiger partial charge is 0.396 e. The van der Waals surface area contributed by atoms with Crippen molar-refractivity contribution in [1.29, 1.82) is 0 Å². The summed E-state index contributed by atoms with van der Waals surface area (Å²) in [5, 5.41) is 2.35. The fraction of sp³-hybridized carbons (Fsp3) is 0.545. The summed E-state index contributed by atoms with van der Waals surface area (Å²) in [7, 11) is 0. The summed E-state index contributed by atoms with van der Waals surface area (Å²) in [5.41, 5.74) is 1.37. The van der Waals surface area contributed by atoms with Crippen LogP contribution in [0.1, 0.15) is 36.1 Å². The lowest BCUT2D eigenvalue weighted by molar-refractivity contribution is -0.0327. The van der Waals surface area contributed by atoms with E-state index in [4.69, 9.17) is 5.73 Å². The molecule has 0 saturated heterocycles. The number of rotatable bonds is 5. The summed E-state index contributed by atoms with van der Waals surface area (Å²) in [6, 6.07) is 0. The van der Waals surface area contributed by atoms with Crippen molar-refractivity contribution in [3.8, 4) is 0 Å². The van der Waals surface area contributed by atoms with E-state index >= 15 is 0 Å². The Morgan fingerprint density at radius 2 is 2.15 bits per heavy atom. The van der Waals surface area contributed by atoms with Gasteiger partial charge in [-0.05, 0) is 11.8 Å². The zero-order chi connectivity index (χ0) is 15.3. The number of hydrogen-bond donors (Lipinski definition) is 2. The summed E-state index contributed by atoms with van der Waals surface area (Å²) in [4.78, 5) is 19.8. The van der Waals surface area contributed by atoms with Gasteiger partial charge in [0.1, 0.15) is 5.82 Å². The Balaban J connectivity index is 2.61. The fourth-order valence-electron chi connectivity index (χ4n) is 1.28. The Bertz CT molecular complexity index is 479. The van der Waals surface area contributed by atoms with Gasteiger partial charge < -0.3 is 11.1 Å². The van der Waals surface area contributed by atoms with Gasteiger partial charge in [-0.2, -0.15) is 13.2 Å². The first-order valence-electron chi connectivity index (χ1n) is 5.82. The molecule has 1 amide bonds. The molecule has 1 rings (SSSR count). The van der Waals surface area contributed by atoms with Crippen molar-refractivity contribution in [1.82, 2.24) is 15.3 Å². The molecule has 0 aliphatic carbocycles. The lowest BCUT2D eigenvalue weighted by Gasteiger charge is -2.10. The molecule has 0 atom stereocenters. The highest BCUT2D eigenvalue weighted by atomic mass is 32.2. The summed E-state index contributed by atoms with van der Waals surface area (Å²) in [5.74, 6) is -0.399. The Labute approximate surface area is 118 Å². The monoisotopic (exact) mass is 308 g/mol. The second-order valence-corrected chi connectivity index (χ2v) is 5.40. The van der Waals surface area contributed by atoms with Crippen LogP contribution in [-0.4, -0.2) is 33.7 Å². The van der Waals surface area contributed by atoms with E-state index in [-0.39, 0.29) is 41.4 Å². The lowest BCUT2D eigenvalue weighted by Crippen LogP contribution is -2.28. The molecule has 0 saturated carbocycles. The predicted molar refractivity (Wildman–Crippen MR) is 71.4 cm³/mol. The molecule has 0 fully saturated rings. The van der Waals surface area contributed by atoms with Crippen molar-refractivity contribution in [2.75, 3.05) is 18.0 Å². The molecule has 0 radical (unpaired) electrons. The van der Waals surface area contributed by atoms with Crippen LogP contribution in [0.4, 0.5) is 18.9 Å². The Morgan fingerprint density at radius 3 is 2.70 bits per heavy atom. The van der Waals surface area contributed by atoms with Gasteiger partial charge in [0.05, 0.1) is 11.9 Å². The third-order valence-corrected chi connectivity index (χ3v) is 2.96. The van der Waals surface area contributed by atoms with Crippen molar-refractivity contribution < 1.29 is 18.0 Å². The minimum atomic E-state index is -4.30. The molecule has 112 valence electrons. The maximum atomic E-state index is 11.9. The Hall–Kier alpha value is -1.51. The number of nitrogen functional groups attached to an aromatic ring is 1. The van der Waals surface area contributed by atoms with Gasteiger partial charge in [0.15, 0.2) is 5.69 Å². The second-order valence-electron chi connectivity index (χ2n) is 4.24. The topological polar surface area (TPSA) is 80.9 Å². The van der Waals surface area contributed by atoms with Gasteiger partial charge in [-0.25, -0.2) is 9.97 Å². The van der Waals surface area contributed by atoms with E-state index < -0.39 is 11.4 Å². The molecule has 9 heteroatoms. The van der Waals surface area contributed by atoms with Gasteiger partial charge in [-0.15, -0.1) is 0 Å². The number of alkyl halides is 3. The molecular formula is C11H15F3N4OS. The van der Waals surface area contributed by atoms with Crippen LogP contribution >= 0.6 is 11.8 Å². The third kappa shape index (κ3) is 5.24. The standard InChI is InChI=1S/C11H15F3N4OS/c1-6(2)9-17-5-7(15)8(18-9)10(19)16-3-4-20-11(12,13)14/h5-6H,3-4,15H2,1-2H3,(H,16,19). The quantitative estimate of drug-likeness (QED) is 0.815. The maximum Gasteiger partial charge on any atom is 0.441 e. The number of nitrogens with zero attached hydrogens (tertiary/aromatic N) is 2. The van der Waals surface area contributed by atoms with E-state index in [2.05, 4.69) is 15.3 Å². The van der Waals surface area contributed by atoms with Crippen molar-refractivity contribution in [2.45, 2.75) is 25.3 Å². The Kier molecular flexibility index (Phi) is 5.61. The van der Waals surface area contributed by atoms with Gasteiger partial charge in [0, 0.05) is 18.2 Å². The number of anilines is 1. The van der Waals surface area contributed by atoms with Crippen LogP contribution in [-0.2, 0) is 0 Å². The van der Waals surface area contributed by atoms with Gasteiger partial charge in [0.25, 0.3) is 5.91 Å². The number of carbonyl (C=O) groups is 1. The molecule has 0 unspecified atom stereocenters. The van der Waals surface area contributed by atoms with Crippen molar-refractivity contribution in [3.05, 3.63) is 17.7 Å². The van der Waals surface area contributed by atoms with Crippen molar-refractivity contribution >= 4 is 23.4 Å². The molecule has 0 bridgehead atoms. The number of aromatic nitrogens is 2. The summed E-state index contributed by atoms with van der Waals surface area (Å²) in [6.45, 7) is 3.59. The minimum absolute atomic E-state index is 0.0132. The first-order chi connectivity index (χ1) is 9.20. The summed E-state index contributed by atoms with van der Waals surface area (Å²) in [6.07, 6.45) is 1.32. The molecule has 0 aromatic carbocycles. The number of amides is 1. The van der Waals surface area contributed by atoms with Crippen LogP contribution in [0.15, 0.2) is 6.20 Å². The molecule has 1 heterocycles. The van der Waals surface area contributed by atoms with Crippen molar-refractivity contribution in [3.63, 3.8) is 0 Å². The molecule has 0 aliphatic rings. The highest BCUT2D eigenvalue weighted by Crippen LogP contribution is 2.29. The number of hydrogen-bond acceptors (Lipinski definition) is 5. The zero-order valence-corrected chi connectivity index (χ0v) is 11.8. The SMILES string of the molecule is CC(C)c1ncc(N)c(C(=O)NCCSC(F)(F)F)n1. The zero-order valence-electron chi connectivity index (χ0n) is 11.0. The van der Waals surface area contributed by atoms with Crippen LogP contribution in [0.3, 0.4) is 0 Å². The molecule has 0 aliphatic heterocycles. The average molecular weight is 308 g/mol. The van der Waals surface area contributed by atoms with Gasteiger partial charge >= 0.3 is 5.51 Å². The molecule has 20 heavy (non-hydrogen) atoms. The van der Waals surface area contributed by atoms with E-state index in [1.165, 1.54) is 6.20 Å². The lowest BCUT2D eigenvalue weighted by atomic mass is 10.2. The molecule has 1 aromatic heterocycles. The molecular weight excluding hydrogens is 293 g/mol. The second kappa shape index (κ2) is 6.78. The molecule has 0 spiro atoms. The first-order valence-corrected chi connectivity index (χ1v) is 6.80. The Morgan fingerprint density at radius 1 is 1.50 bits per heavy atom. The highest BCUT2D eigenvalue weighted by Gasteiger charge is 2.27. The van der Waals surface area contributed by atoms with Crippen LogP contribution in [0.25, 0.3) is 0 Å². The van der Waals surface area contributed by atoms with E-state index in [0.29, 0.717) is 5.82 Å². The van der Waals surface area contributed by atoms with Crippen LogP contribution in [0, 0.1) is 0 Å². The average Bonchev–Trinajstić information content (AvgIpc) is 2.33. The van der Waals surface area contributed by atoms with E-state index in [0.717, 1.165) is 0 Å². The normalized spacial score (nSPS) is 11.7. The highest BCUT2D eigenvalue weighted by molar-refractivity contribution is 8.00. The number of nitrogens with two attached hydrogens (primary N) is 1. The summed E-state index contributed by atoms with van der Waals surface area (Å²) < 4.78 is 35.8. The largest absolute Gasteiger partial charge is 0.441 e. The van der Waals surface area contributed by atoms with Crippen molar-refractivity contribution in [2.24, 2.45) is 0 Å². The molecule has 3 N–H and O–H groups in total. The number of carbonyl (C=O) groups excluding carboxylic acids is 1. The van der Waals surface area contributed by atoms with E-state index in [1.807, 2.05) is 13.8 Å². The summed E-state index contributed by atoms with van der Waals surface area (Å²) >= 11 is -0.196. The minimum Gasteiger partial charge on any atom is -0.396 e. The van der Waals surface area contributed by atoms with E-state index in [9.17, 15) is 18.0 Å². The predicted octanol–water partition coefficient (Wildman–Crippen LogP) is 2.17. The van der Waals surface area contributed by atoms with Crippen LogP contribution in [0.5, 0.6) is 0 Å².